The number of methoxy groups -OCH3 is 1. The third-order valence-corrected chi connectivity index (χ3v) is 6.05. The molecule has 0 aromatic heterocycles. The smallest absolute Gasteiger partial charge is 0.253 e. The predicted octanol–water partition coefficient (Wildman–Crippen LogP) is 3.09. The highest BCUT2D eigenvalue weighted by molar-refractivity contribution is 7.89. The first-order valence-electron chi connectivity index (χ1n) is 7.84. The fraction of sp³-hybridized carbons (Fsp3) is 0.278. The zero-order valence-electron chi connectivity index (χ0n) is 15.0. The Bertz CT molecular complexity index is 913. The molecule has 2 rings (SSSR count). The van der Waals surface area contributed by atoms with E-state index < -0.39 is 15.9 Å². The average molecular weight is 397 g/mol. The molecule has 0 saturated heterocycles. The molecule has 6 nitrogen and oxygen atoms in total. The molecule has 0 bridgehead atoms. The number of hydrogen-bond donors (Lipinski definition) is 1. The van der Waals surface area contributed by atoms with Crippen LogP contribution in [0, 0.1) is 0 Å². The number of ether oxygens (including phenoxy) is 1. The number of nitrogens with zero attached hydrogens (tertiary/aromatic N) is 1. The highest BCUT2D eigenvalue weighted by Gasteiger charge is 2.22. The van der Waals surface area contributed by atoms with E-state index in [1.807, 2.05) is 25.1 Å². The maximum Gasteiger partial charge on any atom is 0.253 e. The summed E-state index contributed by atoms with van der Waals surface area (Å²) in [6.07, 6.45) is 0. The third kappa shape index (κ3) is 4.17. The molecule has 2 aromatic carbocycles. The van der Waals surface area contributed by atoms with Crippen LogP contribution in [0.3, 0.4) is 0 Å². The molecule has 26 heavy (non-hydrogen) atoms. The van der Waals surface area contributed by atoms with Gasteiger partial charge in [0.1, 0.15) is 5.75 Å². The molecule has 0 fully saturated rings. The highest BCUT2D eigenvalue weighted by atomic mass is 35.5. The molecule has 1 atom stereocenters. The van der Waals surface area contributed by atoms with Crippen molar-refractivity contribution in [3.8, 4) is 5.75 Å². The predicted molar refractivity (Wildman–Crippen MR) is 101 cm³/mol. The van der Waals surface area contributed by atoms with Crippen LogP contribution in [0.5, 0.6) is 5.75 Å². The second-order valence-electron chi connectivity index (χ2n) is 5.87. The normalized spacial score (nSPS) is 12.7. The van der Waals surface area contributed by atoms with Gasteiger partial charge >= 0.3 is 0 Å². The molecule has 0 heterocycles. The summed E-state index contributed by atoms with van der Waals surface area (Å²) < 4.78 is 30.9. The average Bonchev–Trinajstić information content (AvgIpc) is 2.61. The Morgan fingerprint density at radius 3 is 2.46 bits per heavy atom. The number of para-hydroxylation sites is 1. The van der Waals surface area contributed by atoms with E-state index in [0.717, 1.165) is 9.87 Å². The van der Waals surface area contributed by atoms with Crippen molar-refractivity contribution < 1.29 is 17.9 Å². The van der Waals surface area contributed by atoms with Crippen LogP contribution >= 0.6 is 11.6 Å². The van der Waals surface area contributed by atoms with Gasteiger partial charge < -0.3 is 10.1 Å². The zero-order chi connectivity index (χ0) is 19.5. The SMILES string of the molecule is COc1ccccc1[C@H](C)NC(=O)c1cc(S(=O)(=O)N(C)C)ccc1Cl. The highest BCUT2D eigenvalue weighted by Crippen LogP contribution is 2.26. The van der Waals surface area contributed by atoms with Gasteiger partial charge in [0.25, 0.3) is 5.91 Å². The quantitative estimate of drug-likeness (QED) is 0.814. The third-order valence-electron chi connectivity index (χ3n) is 3.91. The second-order valence-corrected chi connectivity index (χ2v) is 8.43. The van der Waals surface area contributed by atoms with Crippen molar-refractivity contribution in [2.75, 3.05) is 21.2 Å². The van der Waals surface area contributed by atoms with E-state index in [1.54, 1.807) is 13.2 Å². The van der Waals surface area contributed by atoms with E-state index in [9.17, 15) is 13.2 Å². The lowest BCUT2D eigenvalue weighted by atomic mass is 10.1. The fourth-order valence-electron chi connectivity index (χ4n) is 2.43. The molecule has 1 N–H and O–H groups in total. The topological polar surface area (TPSA) is 75.7 Å². The van der Waals surface area contributed by atoms with Gasteiger partial charge in [-0.25, -0.2) is 12.7 Å². The minimum atomic E-state index is -3.67. The minimum Gasteiger partial charge on any atom is -0.496 e. The van der Waals surface area contributed by atoms with Crippen LogP contribution in [-0.4, -0.2) is 39.8 Å². The molecular formula is C18H21ClN2O4S. The van der Waals surface area contributed by atoms with Gasteiger partial charge in [-0.05, 0) is 31.2 Å². The van der Waals surface area contributed by atoms with Gasteiger partial charge in [0, 0.05) is 19.7 Å². The summed E-state index contributed by atoms with van der Waals surface area (Å²) in [6, 6.07) is 11.0. The first kappa shape index (κ1) is 20.2. The van der Waals surface area contributed by atoms with Crippen molar-refractivity contribution in [3.05, 3.63) is 58.6 Å². The number of carbonyl (C=O) groups excluding carboxylic acids is 1. The Balaban J connectivity index is 2.32. The van der Waals surface area contributed by atoms with Crippen molar-refractivity contribution in [1.82, 2.24) is 9.62 Å². The molecule has 8 heteroatoms. The van der Waals surface area contributed by atoms with Crippen LogP contribution in [-0.2, 0) is 10.0 Å². The van der Waals surface area contributed by atoms with Gasteiger partial charge in [-0.3, -0.25) is 4.79 Å². The van der Waals surface area contributed by atoms with Gasteiger partial charge in [0.05, 0.1) is 28.6 Å². The number of sulfonamides is 1. The molecular weight excluding hydrogens is 376 g/mol. The van der Waals surface area contributed by atoms with Crippen LogP contribution in [0.15, 0.2) is 47.4 Å². The van der Waals surface area contributed by atoms with Gasteiger partial charge in [0.2, 0.25) is 10.0 Å². The van der Waals surface area contributed by atoms with E-state index in [0.29, 0.717) is 5.75 Å². The second kappa shape index (κ2) is 8.07. The number of benzene rings is 2. The number of hydrogen-bond acceptors (Lipinski definition) is 4. The molecule has 0 aliphatic heterocycles. The largest absolute Gasteiger partial charge is 0.496 e. The van der Waals surface area contributed by atoms with E-state index in [2.05, 4.69) is 5.32 Å². The van der Waals surface area contributed by atoms with E-state index in [4.69, 9.17) is 16.3 Å². The Kier molecular flexibility index (Phi) is 6.28. The van der Waals surface area contributed by atoms with Crippen molar-refractivity contribution in [3.63, 3.8) is 0 Å². The summed E-state index contributed by atoms with van der Waals surface area (Å²) in [5.41, 5.74) is 0.896. The first-order chi connectivity index (χ1) is 12.2. The molecule has 0 spiro atoms. The van der Waals surface area contributed by atoms with Gasteiger partial charge in [-0.2, -0.15) is 0 Å². The molecule has 0 saturated carbocycles. The summed E-state index contributed by atoms with van der Waals surface area (Å²) in [7, 11) is 0.737. The van der Waals surface area contributed by atoms with E-state index in [-0.39, 0.29) is 21.5 Å². The monoisotopic (exact) mass is 396 g/mol. The Hall–Kier alpha value is -2.09. The molecule has 0 radical (unpaired) electrons. The zero-order valence-corrected chi connectivity index (χ0v) is 16.6. The summed E-state index contributed by atoms with van der Waals surface area (Å²) in [4.78, 5) is 12.7. The van der Waals surface area contributed by atoms with Crippen molar-refractivity contribution in [2.45, 2.75) is 17.9 Å². The molecule has 1 amide bonds. The maximum atomic E-state index is 12.7. The maximum absolute atomic E-state index is 12.7. The minimum absolute atomic E-state index is 0.00185. The van der Waals surface area contributed by atoms with Gasteiger partial charge in [0.15, 0.2) is 0 Å². The number of nitrogens with one attached hydrogen (secondary N) is 1. The number of carbonyl (C=O) groups is 1. The summed E-state index contributed by atoms with van der Waals surface area (Å²) in [5, 5.41) is 3.00. The van der Waals surface area contributed by atoms with Crippen molar-refractivity contribution in [1.29, 1.82) is 0 Å². The summed E-state index contributed by atoms with van der Waals surface area (Å²) in [6.45, 7) is 1.81. The van der Waals surface area contributed by atoms with Crippen LogP contribution in [0.1, 0.15) is 28.9 Å². The lowest BCUT2D eigenvalue weighted by molar-refractivity contribution is 0.0939. The first-order valence-corrected chi connectivity index (χ1v) is 9.66. The van der Waals surface area contributed by atoms with Crippen LogP contribution in [0.4, 0.5) is 0 Å². The lowest BCUT2D eigenvalue weighted by Gasteiger charge is -2.18. The molecule has 2 aromatic rings. The number of rotatable bonds is 6. The fourth-order valence-corrected chi connectivity index (χ4v) is 3.56. The molecule has 0 unspecified atom stereocenters. The Morgan fingerprint density at radius 2 is 1.85 bits per heavy atom. The number of amides is 1. The van der Waals surface area contributed by atoms with E-state index in [1.165, 1.54) is 32.3 Å². The van der Waals surface area contributed by atoms with E-state index >= 15 is 0 Å². The lowest BCUT2D eigenvalue weighted by Crippen LogP contribution is -2.28. The van der Waals surface area contributed by atoms with Crippen molar-refractivity contribution in [2.24, 2.45) is 0 Å². The molecule has 0 aliphatic carbocycles. The van der Waals surface area contributed by atoms with Crippen LogP contribution in [0.2, 0.25) is 5.02 Å². The van der Waals surface area contributed by atoms with Gasteiger partial charge in [-0.15, -0.1) is 0 Å². The van der Waals surface area contributed by atoms with Crippen LogP contribution < -0.4 is 10.1 Å². The molecule has 0 aliphatic rings. The Morgan fingerprint density at radius 1 is 1.19 bits per heavy atom. The molecule has 140 valence electrons. The standard InChI is InChI=1S/C18H21ClN2O4S/c1-12(14-7-5-6-8-17(14)25-4)20-18(22)15-11-13(9-10-16(15)19)26(23,24)21(2)3/h5-12H,1-4H3,(H,20,22)/t12-/m0/s1. The summed E-state index contributed by atoms with van der Waals surface area (Å²) in [5.74, 6) is 0.180. The van der Waals surface area contributed by atoms with Gasteiger partial charge in [-0.1, -0.05) is 29.8 Å². The van der Waals surface area contributed by atoms with Crippen molar-refractivity contribution >= 4 is 27.5 Å². The number of halogens is 1. The summed E-state index contributed by atoms with van der Waals surface area (Å²) >= 11 is 6.11. The Labute approximate surface area is 158 Å². The van der Waals surface area contributed by atoms with Crippen LogP contribution in [0.25, 0.3) is 0 Å².